The molecule has 0 aromatic carbocycles. The largest absolute Gasteiger partial charge is 0.442 e. The van der Waals surface area contributed by atoms with E-state index in [1.54, 1.807) is 4.90 Å². The molecule has 92 valence electrons. The van der Waals surface area contributed by atoms with Crippen LogP contribution in [0.2, 0.25) is 0 Å². The molecule has 0 aromatic heterocycles. The highest BCUT2D eigenvalue weighted by molar-refractivity contribution is 5.70. The van der Waals surface area contributed by atoms with E-state index >= 15 is 0 Å². The number of aliphatic hydroxyl groups excluding tert-OH is 1. The maximum Gasteiger partial charge on any atom is 0.410 e. The molecule has 2 rings (SSSR count). The van der Waals surface area contributed by atoms with Gasteiger partial charge in [-0.3, -0.25) is 4.90 Å². The predicted octanol–water partition coefficient (Wildman–Crippen LogP) is 0.282. The lowest BCUT2D eigenvalue weighted by molar-refractivity contribution is 0.0940. The number of aliphatic hydroxyl groups is 1. The van der Waals surface area contributed by atoms with Crippen molar-refractivity contribution >= 4 is 6.09 Å². The second-order valence-electron chi connectivity index (χ2n) is 4.87. The number of hydrogen-bond acceptors (Lipinski definition) is 4. The lowest BCUT2D eigenvalue weighted by atomic mass is 10.2. The molecule has 0 aromatic rings. The highest BCUT2D eigenvalue weighted by Crippen LogP contribution is 2.22. The van der Waals surface area contributed by atoms with Gasteiger partial charge >= 0.3 is 6.09 Å². The zero-order chi connectivity index (χ0) is 11.7. The van der Waals surface area contributed by atoms with E-state index in [2.05, 4.69) is 18.7 Å². The Morgan fingerprint density at radius 3 is 2.75 bits per heavy atom. The summed E-state index contributed by atoms with van der Waals surface area (Å²) in [7, 11) is 0. The summed E-state index contributed by atoms with van der Waals surface area (Å²) in [5, 5.41) is 8.97. The number of carbonyl (C=O) groups is 1. The summed E-state index contributed by atoms with van der Waals surface area (Å²) in [4.78, 5) is 15.7. The van der Waals surface area contributed by atoms with E-state index in [4.69, 9.17) is 9.84 Å². The third kappa shape index (κ3) is 2.15. The van der Waals surface area contributed by atoms with E-state index in [1.165, 1.54) is 0 Å². The van der Waals surface area contributed by atoms with Crippen LogP contribution in [0, 0.1) is 0 Å². The molecule has 2 fully saturated rings. The predicted molar refractivity (Wildman–Crippen MR) is 59.2 cm³/mol. The van der Waals surface area contributed by atoms with Gasteiger partial charge in [0.05, 0.1) is 13.2 Å². The number of carbonyl (C=O) groups excluding carboxylic acids is 1. The average molecular weight is 228 g/mol. The van der Waals surface area contributed by atoms with Crippen molar-refractivity contribution in [1.82, 2.24) is 9.80 Å². The van der Waals surface area contributed by atoms with Gasteiger partial charge in [-0.2, -0.15) is 0 Å². The molecule has 1 N–H and O–H groups in total. The number of likely N-dealkylation sites (tertiary alicyclic amines) is 1. The monoisotopic (exact) mass is 228 g/mol. The van der Waals surface area contributed by atoms with E-state index in [0.717, 1.165) is 19.5 Å². The Bertz CT molecular complexity index is 270. The minimum atomic E-state index is -0.333. The highest BCUT2D eigenvalue weighted by atomic mass is 16.6. The van der Waals surface area contributed by atoms with Crippen LogP contribution in [0.3, 0.4) is 0 Å². The fourth-order valence-electron chi connectivity index (χ4n) is 2.43. The lowest BCUT2D eigenvalue weighted by Gasteiger charge is -2.23. The first-order valence-electron chi connectivity index (χ1n) is 5.94. The number of hydrogen-bond donors (Lipinski definition) is 1. The van der Waals surface area contributed by atoms with E-state index in [-0.39, 0.29) is 24.8 Å². The van der Waals surface area contributed by atoms with Crippen molar-refractivity contribution in [2.45, 2.75) is 38.5 Å². The molecule has 2 aliphatic heterocycles. The SMILES string of the molecule is CC(C)N1CCC(N2C[C@H](CO)OC2=O)C1. The lowest BCUT2D eigenvalue weighted by Crippen LogP contribution is -2.40. The maximum atomic E-state index is 11.6. The first kappa shape index (κ1) is 11.7. The van der Waals surface area contributed by atoms with Gasteiger partial charge < -0.3 is 14.7 Å². The van der Waals surface area contributed by atoms with Crippen molar-refractivity contribution in [3.05, 3.63) is 0 Å². The Morgan fingerprint density at radius 2 is 2.25 bits per heavy atom. The van der Waals surface area contributed by atoms with Crippen molar-refractivity contribution in [1.29, 1.82) is 0 Å². The Balaban J connectivity index is 1.92. The molecule has 0 aliphatic carbocycles. The van der Waals surface area contributed by atoms with Gasteiger partial charge in [0.2, 0.25) is 0 Å². The first-order chi connectivity index (χ1) is 7.61. The van der Waals surface area contributed by atoms with Gasteiger partial charge in [-0.1, -0.05) is 0 Å². The maximum absolute atomic E-state index is 11.6. The molecule has 5 heteroatoms. The number of cyclic esters (lactones) is 1. The van der Waals surface area contributed by atoms with Crippen LogP contribution < -0.4 is 0 Å². The number of nitrogens with zero attached hydrogens (tertiary/aromatic N) is 2. The molecule has 1 amide bonds. The van der Waals surface area contributed by atoms with Crippen LogP contribution in [0.1, 0.15) is 20.3 Å². The fourth-order valence-corrected chi connectivity index (χ4v) is 2.43. The van der Waals surface area contributed by atoms with Crippen molar-refractivity contribution in [2.75, 3.05) is 26.2 Å². The van der Waals surface area contributed by atoms with Crippen LogP contribution in [0.5, 0.6) is 0 Å². The Kier molecular flexibility index (Phi) is 3.35. The van der Waals surface area contributed by atoms with Crippen LogP contribution in [0.15, 0.2) is 0 Å². The smallest absolute Gasteiger partial charge is 0.410 e. The van der Waals surface area contributed by atoms with E-state index < -0.39 is 0 Å². The average Bonchev–Trinajstić information content (AvgIpc) is 2.83. The van der Waals surface area contributed by atoms with Gasteiger partial charge in [-0.05, 0) is 20.3 Å². The summed E-state index contributed by atoms with van der Waals surface area (Å²) >= 11 is 0. The van der Waals surface area contributed by atoms with Crippen LogP contribution in [0.4, 0.5) is 4.79 Å². The molecule has 2 saturated heterocycles. The minimum absolute atomic E-state index is 0.0805. The Morgan fingerprint density at radius 1 is 1.50 bits per heavy atom. The number of rotatable bonds is 3. The van der Waals surface area contributed by atoms with Gasteiger partial charge in [0, 0.05) is 25.2 Å². The molecule has 1 unspecified atom stereocenters. The molecule has 2 aliphatic rings. The topological polar surface area (TPSA) is 53.0 Å². The van der Waals surface area contributed by atoms with Crippen molar-refractivity contribution < 1.29 is 14.6 Å². The second kappa shape index (κ2) is 4.59. The van der Waals surface area contributed by atoms with Gasteiger partial charge in [0.25, 0.3) is 0 Å². The molecular weight excluding hydrogens is 208 g/mol. The summed E-state index contributed by atoms with van der Waals surface area (Å²) in [5.41, 5.74) is 0. The molecule has 0 spiro atoms. The standard InChI is InChI=1S/C11H20N2O3/c1-8(2)12-4-3-9(5-12)13-6-10(7-14)16-11(13)15/h8-10,14H,3-7H2,1-2H3/t9?,10-/m1/s1. The zero-order valence-corrected chi connectivity index (χ0v) is 9.93. The van der Waals surface area contributed by atoms with Gasteiger partial charge in [0.15, 0.2) is 0 Å². The van der Waals surface area contributed by atoms with Gasteiger partial charge in [-0.25, -0.2) is 4.79 Å². The molecule has 0 saturated carbocycles. The Labute approximate surface area is 96.0 Å². The van der Waals surface area contributed by atoms with E-state index in [9.17, 15) is 4.79 Å². The molecule has 2 heterocycles. The number of amides is 1. The summed E-state index contributed by atoms with van der Waals surface area (Å²) in [6.07, 6.45) is 0.404. The van der Waals surface area contributed by atoms with E-state index in [0.29, 0.717) is 12.6 Å². The van der Waals surface area contributed by atoms with E-state index in [1.807, 2.05) is 0 Å². The third-order valence-corrected chi connectivity index (χ3v) is 3.47. The molecule has 2 atom stereocenters. The summed E-state index contributed by atoms with van der Waals surface area (Å²) < 4.78 is 5.05. The molecule has 16 heavy (non-hydrogen) atoms. The summed E-state index contributed by atoms with van der Waals surface area (Å²) in [5.74, 6) is 0. The second-order valence-corrected chi connectivity index (χ2v) is 4.87. The molecule has 0 bridgehead atoms. The quantitative estimate of drug-likeness (QED) is 0.754. The number of ether oxygens (including phenoxy) is 1. The van der Waals surface area contributed by atoms with Crippen molar-refractivity contribution in [3.63, 3.8) is 0 Å². The molecule has 5 nitrogen and oxygen atoms in total. The molecular formula is C11H20N2O3. The first-order valence-corrected chi connectivity index (χ1v) is 5.94. The van der Waals surface area contributed by atoms with Crippen LogP contribution in [-0.2, 0) is 4.74 Å². The van der Waals surface area contributed by atoms with Crippen LogP contribution in [-0.4, -0.2) is 65.4 Å². The third-order valence-electron chi connectivity index (χ3n) is 3.47. The highest BCUT2D eigenvalue weighted by Gasteiger charge is 2.38. The van der Waals surface area contributed by atoms with Crippen molar-refractivity contribution in [2.24, 2.45) is 0 Å². The zero-order valence-electron chi connectivity index (χ0n) is 9.93. The van der Waals surface area contributed by atoms with Gasteiger partial charge in [0.1, 0.15) is 6.10 Å². The van der Waals surface area contributed by atoms with Gasteiger partial charge in [-0.15, -0.1) is 0 Å². The Hall–Kier alpha value is -0.810. The summed E-state index contributed by atoms with van der Waals surface area (Å²) in [6.45, 7) is 6.75. The molecule has 0 radical (unpaired) electrons. The van der Waals surface area contributed by atoms with Crippen molar-refractivity contribution in [3.8, 4) is 0 Å². The minimum Gasteiger partial charge on any atom is -0.442 e. The summed E-state index contributed by atoms with van der Waals surface area (Å²) in [6, 6.07) is 0.781. The van der Waals surface area contributed by atoms with Crippen LogP contribution >= 0.6 is 0 Å². The van der Waals surface area contributed by atoms with Crippen LogP contribution in [0.25, 0.3) is 0 Å². The normalized spacial score (nSPS) is 31.5. The fraction of sp³-hybridized carbons (Fsp3) is 0.909.